The molecule has 0 atom stereocenters. The van der Waals surface area contributed by atoms with Gasteiger partial charge in [-0.25, -0.2) is 4.98 Å². The van der Waals surface area contributed by atoms with Crippen LogP contribution in [0.1, 0.15) is 85.4 Å². The second kappa shape index (κ2) is 30.0. The molecule has 0 aliphatic rings. The minimum Gasteiger partial charge on any atom is -0.513 e. The lowest BCUT2D eigenvalue weighted by Gasteiger charge is -2.03. The highest BCUT2D eigenvalue weighted by Crippen LogP contribution is 2.14. The average molecular weight is 503 g/mol. The summed E-state index contributed by atoms with van der Waals surface area (Å²) in [5.74, 6) is 0.932. The number of methoxy groups -OCH3 is 2. The predicted molar refractivity (Wildman–Crippen MR) is 159 cm³/mol. The zero-order chi connectivity index (χ0) is 28.9. The van der Waals surface area contributed by atoms with E-state index in [4.69, 9.17) is 14.6 Å². The Hall–Kier alpha value is -3.08. The lowest BCUT2D eigenvalue weighted by molar-refractivity contribution is 0.350. The zero-order valence-corrected chi connectivity index (χ0v) is 25.6. The fourth-order valence-electron chi connectivity index (χ4n) is 1.92. The van der Waals surface area contributed by atoms with E-state index in [-0.39, 0.29) is 0 Å². The van der Waals surface area contributed by atoms with Gasteiger partial charge < -0.3 is 14.6 Å². The van der Waals surface area contributed by atoms with Gasteiger partial charge in [0, 0.05) is 11.8 Å². The van der Waals surface area contributed by atoms with Gasteiger partial charge in [0.2, 0.25) is 5.88 Å². The quantitative estimate of drug-likeness (QED) is 0.333. The standard InChI is InChI=1S/C8H10.C8H14.C7H10N2O2.C4H8O.2C2H6/c1-7-4-3-5-8(2)6-7;1-4-6-7-8(3)5-2;1-5-4-8-7(11-3)9-6(5)10-2;1-3-4(2)5;2*1-2/h3-6H,1-2H3;5-7H,4H2,1-3H3;4H,1-3H3;3,5H,1-2H3;2*1-2H3/b;7-6-,8-5-;;4-3+;;. The molecule has 0 unspecified atom stereocenters. The number of allylic oxidation sites excluding steroid dienone is 6. The van der Waals surface area contributed by atoms with Crippen molar-refractivity contribution in [1.29, 1.82) is 0 Å². The van der Waals surface area contributed by atoms with Crippen LogP contribution in [0, 0.1) is 20.8 Å². The largest absolute Gasteiger partial charge is 0.513 e. The summed E-state index contributed by atoms with van der Waals surface area (Å²) in [4.78, 5) is 7.85. The number of benzene rings is 1. The van der Waals surface area contributed by atoms with Crippen LogP contribution in [0.5, 0.6) is 11.9 Å². The molecular weight excluding hydrogens is 448 g/mol. The lowest BCUT2D eigenvalue weighted by Crippen LogP contribution is -1.96. The molecule has 0 bridgehead atoms. The third-order valence-electron chi connectivity index (χ3n) is 3.94. The third kappa shape index (κ3) is 27.2. The summed E-state index contributed by atoms with van der Waals surface area (Å²) in [7, 11) is 3.08. The molecule has 2 aromatic rings. The molecule has 1 N–H and O–H groups in total. The van der Waals surface area contributed by atoms with Gasteiger partial charge in [-0.15, -0.1) is 0 Å². The van der Waals surface area contributed by atoms with Crippen LogP contribution >= 0.6 is 0 Å². The first-order valence-corrected chi connectivity index (χ1v) is 12.7. The Morgan fingerprint density at radius 1 is 0.917 bits per heavy atom. The van der Waals surface area contributed by atoms with Gasteiger partial charge in [0.1, 0.15) is 0 Å². The monoisotopic (exact) mass is 502 g/mol. The molecule has 5 nitrogen and oxygen atoms in total. The highest BCUT2D eigenvalue weighted by molar-refractivity contribution is 5.23. The predicted octanol–water partition coefficient (Wildman–Crippen LogP) is 9.54. The highest BCUT2D eigenvalue weighted by Gasteiger charge is 2.01. The van der Waals surface area contributed by atoms with Crippen molar-refractivity contribution in [2.24, 2.45) is 0 Å². The van der Waals surface area contributed by atoms with Crippen LogP contribution in [-0.4, -0.2) is 29.3 Å². The third-order valence-corrected chi connectivity index (χ3v) is 3.94. The molecular formula is C31H54N2O3. The van der Waals surface area contributed by atoms with Gasteiger partial charge in [-0.2, -0.15) is 4.98 Å². The molecule has 0 spiro atoms. The van der Waals surface area contributed by atoms with E-state index in [0.717, 1.165) is 12.0 Å². The Morgan fingerprint density at radius 3 is 1.72 bits per heavy atom. The molecule has 0 radical (unpaired) electrons. The van der Waals surface area contributed by atoms with Crippen LogP contribution in [0.4, 0.5) is 0 Å². The van der Waals surface area contributed by atoms with Crippen LogP contribution < -0.4 is 9.47 Å². The van der Waals surface area contributed by atoms with E-state index in [1.54, 1.807) is 33.2 Å². The molecule has 1 heterocycles. The minimum absolute atomic E-state index is 0.326. The molecule has 1 aromatic heterocycles. The fourth-order valence-corrected chi connectivity index (χ4v) is 1.92. The average Bonchev–Trinajstić information content (AvgIpc) is 2.90. The molecule has 0 amide bonds. The summed E-state index contributed by atoms with van der Waals surface area (Å²) in [5.41, 5.74) is 4.91. The minimum atomic E-state index is 0.326. The highest BCUT2D eigenvalue weighted by atomic mass is 16.5. The van der Waals surface area contributed by atoms with Crippen molar-refractivity contribution in [3.05, 3.63) is 82.8 Å². The van der Waals surface area contributed by atoms with Crippen molar-refractivity contribution in [3.8, 4) is 11.9 Å². The molecule has 36 heavy (non-hydrogen) atoms. The van der Waals surface area contributed by atoms with Crippen LogP contribution in [0.25, 0.3) is 0 Å². The smallest absolute Gasteiger partial charge is 0.319 e. The fraction of sp³-hybridized carbons (Fsp3) is 0.484. The Balaban J connectivity index is -0.000000186. The van der Waals surface area contributed by atoms with Crippen molar-refractivity contribution in [1.82, 2.24) is 9.97 Å². The van der Waals surface area contributed by atoms with E-state index < -0.39 is 0 Å². The number of nitrogens with zero attached hydrogens (tertiary/aromatic N) is 2. The molecule has 1 aromatic carbocycles. The number of aromatic nitrogens is 2. The number of aliphatic hydroxyl groups excluding tert-OH is 1. The maximum absolute atomic E-state index is 8.22. The molecule has 0 aliphatic heterocycles. The van der Waals surface area contributed by atoms with Crippen LogP contribution in [0.2, 0.25) is 0 Å². The summed E-state index contributed by atoms with van der Waals surface area (Å²) in [6, 6.07) is 8.78. The van der Waals surface area contributed by atoms with Gasteiger partial charge in [0.15, 0.2) is 0 Å². The number of aliphatic hydroxyl groups is 1. The molecule has 5 heteroatoms. The summed E-state index contributed by atoms with van der Waals surface area (Å²) in [6.07, 6.45) is 10.8. The first-order chi connectivity index (χ1) is 17.1. The van der Waals surface area contributed by atoms with Gasteiger partial charge >= 0.3 is 6.01 Å². The number of ether oxygens (including phenoxy) is 2. The van der Waals surface area contributed by atoms with Crippen molar-refractivity contribution in [3.63, 3.8) is 0 Å². The Morgan fingerprint density at radius 2 is 1.42 bits per heavy atom. The second-order valence-electron chi connectivity index (χ2n) is 6.98. The summed E-state index contributed by atoms with van der Waals surface area (Å²) in [6.45, 7) is 23.8. The topological polar surface area (TPSA) is 64.5 Å². The van der Waals surface area contributed by atoms with Crippen LogP contribution in [0.15, 0.2) is 66.1 Å². The number of hydrogen-bond acceptors (Lipinski definition) is 5. The first kappa shape index (κ1) is 40.1. The van der Waals surface area contributed by atoms with Crippen LogP contribution in [0.3, 0.4) is 0 Å². The Bertz CT molecular complexity index is 820. The van der Waals surface area contributed by atoms with Crippen molar-refractivity contribution in [2.75, 3.05) is 14.2 Å². The normalized spacial score (nSPS) is 9.83. The summed E-state index contributed by atoms with van der Waals surface area (Å²) >= 11 is 0. The molecule has 206 valence electrons. The van der Waals surface area contributed by atoms with E-state index in [1.165, 1.54) is 23.8 Å². The van der Waals surface area contributed by atoms with Crippen molar-refractivity contribution >= 4 is 0 Å². The Kier molecular flexibility index (Phi) is 33.4. The molecule has 0 saturated heterocycles. The Labute approximate surface area is 223 Å². The molecule has 0 fully saturated rings. The summed E-state index contributed by atoms with van der Waals surface area (Å²) < 4.78 is 9.77. The van der Waals surface area contributed by atoms with Gasteiger partial charge in [-0.1, -0.05) is 99.9 Å². The molecule has 2 rings (SSSR count). The lowest BCUT2D eigenvalue weighted by atomic mass is 10.2. The maximum atomic E-state index is 8.22. The van der Waals surface area contributed by atoms with Crippen LogP contribution in [-0.2, 0) is 0 Å². The van der Waals surface area contributed by atoms with E-state index >= 15 is 0 Å². The van der Waals surface area contributed by atoms with E-state index in [2.05, 4.69) is 87.1 Å². The van der Waals surface area contributed by atoms with Gasteiger partial charge in [0.05, 0.1) is 20.0 Å². The van der Waals surface area contributed by atoms with Gasteiger partial charge in [-0.3, -0.25) is 0 Å². The van der Waals surface area contributed by atoms with Gasteiger partial charge in [-0.05, 0) is 54.9 Å². The first-order valence-electron chi connectivity index (χ1n) is 12.7. The second-order valence-corrected chi connectivity index (χ2v) is 6.98. The number of rotatable bonds is 4. The maximum Gasteiger partial charge on any atom is 0.319 e. The number of hydrogen-bond donors (Lipinski definition) is 1. The zero-order valence-electron chi connectivity index (χ0n) is 25.6. The van der Waals surface area contributed by atoms with Crippen molar-refractivity contribution < 1.29 is 14.6 Å². The summed E-state index contributed by atoms with van der Waals surface area (Å²) in [5, 5.41) is 8.22. The molecule has 0 aliphatic carbocycles. The van der Waals surface area contributed by atoms with Crippen molar-refractivity contribution in [2.45, 2.75) is 89.5 Å². The molecule has 0 saturated carbocycles. The SMILES string of the molecule is C/C=C(C)\C=C/CC.C/C=C(\C)O.CC.CC.COc1ncc(C)c(OC)n1.Cc1cccc(C)c1. The van der Waals surface area contributed by atoms with Gasteiger partial charge in [0.25, 0.3) is 0 Å². The van der Waals surface area contributed by atoms with E-state index in [9.17, 15) is 0 Å². The van der Waals surface area contributed by atoms with E-state index in [0.29, 0.717) is 17.6 Å². The van der Waals surface area contributed by atoms with E-state index in [1.807, 2.05) is 34.6 Å². The number of aryl methyl sites for hydroxylation is 3.